The third-order valence-electron chi connectivity index (χ3n) is 3.26. The van der Waals surface area contributed by atoms with Gasteiger partial charge in [0.15, 0.2) is 5.13 Å². The van der Waals surface area contributed by atoms with E-state index in [0.29, 0.717) is 5.92 Å². The normalized spacial score (nSPS) is 11.1. The van der Waals surface area contributed by atoms with E-state index in [1.807, 2.05) is 0 Å². The number of aromatic nitrogens is 1. The van der Waals surface area contributed by atoms with Crippen molar-refractivity contribution in [2.45, 2.75) is 34.2 Å². The average Bonchev–Trinajstić information content (AvgIpc) is 2.88. The second kappa shape index (κ2) is 7.57. The van der Waals surface area contributed by atoms with E-state index in [1.54, 1.807) is 11.3 Å². The average molecular weight is 303 g/mol. The van der Waals surface area contributed by atoms with Crippen LogP contribution in [0.5, 0.6) is 0 Å². The fourth-order valence-corrected chi connectivity index (χ4v) is 3.12. The summed E-state index contributed by atoms with van der Waals surface area (Å²) in [6.07, 6.45) is 0. The first-order valence-electron chi connectivity index (χ1n) is 7.59. The number of thiazole rings is 1. The first-order chi connectivity index (χ1) is 10.1. The van der Waals surface area contributed by atoms with Crippen LogP contribution in [-0.2, 0) is 6.54 Å². The van der Waals surface area contributed by atoms with Crippen molar-refractivity contribution < 1.29 is 0 Å². The SMILES string of the molecule is CCN(c1cccc(C)c1)c1nc(CNCC(C)C)cs1. The van der Waals surface area contributed by atoms with Crippen LogP contribution in [0.2, 0.25) is 0 Å². The van der Waals surface area contributed by atoms with Crippen LogP contribution in [0, 0.1) is 12.8 Å². The smallest absolute Gasteiger partial charge is 0.190 e. The highest BCUT2D eigenvalue weighted by Gasteiger charge is 2.11. The Hall–Kier alpha value is -1.39. The van der Waals surface area contributed by atoms with Crippen molar-refractivity contribution in [1.29, 1.82) is 0 Å². The summed E-state index contributed by atoms with van der Waals surface area (Å²) in [5.74, 6) is 0.669. The van der Waals surface area contributed by atoms with Crippen LogP contribution in [0.3, 0.4) is 0 Å². The van der Waals surface area contributed by atoms with E-state index in [0.717, 1.165) is 30.5 Å². The molecular formula is C17H25N3S. The topological polar surface area (TPSA) is 28.2 Å². The van der Waals surface area contributed by atoms with Crippen LogP contribution < -0.4 is 10.2 Å². The van der Waals surface area contributed by atoms with Gasteiger partial charge in [0.05, 0.1) is 5.69 Å². The molecule has 1 N–H and O–H groups in total. The minimum Gasteiger partial charge on any atom is -0.318 e. The molecule has 0 aliphatic carbocycles. The second-order valence-corrected chi connectivity index (χ2v) is 6.57. The van der Waals surface area contributed by atoms with Gasteiger partial charge in [0.2, 0.25) is 0 Å². The van der Waals surface area contributed by atoms with Crippen LogP contribution in [0.4, 0.5) is 10.8 Å². The lowest BCUT2D eigenvalue weighted by atomic mass is 10.2. The molecule has 0 aliphatic rings. The lowest BCUT2D eigenvalue weighted by molar-refractivity contribution is 0.549. The van der Waals surface area contributed by atoms with Gasteiger partial charge >= 0.3 is 0 Å². The zero-order valence-electron chi connectivity index (χ0n) is 13.4. The molecule has 0 unspecified atom stereocenters. The molecule has 4 heteroatoms. The largest absolute Gasteiger partial charge is 0.318 e. The Morgan fingerprint density at radius 2 is 2.14 bits per heavy atom. The minimum absolute atomic E-state index is 0.669. The molecule has 1 aromatic heterocycles. The zero-order chi connectivity index (χ0) is 15.2. The highest BCUT2D eigenvalue weighted by atomic mass is 32.1. The van der Waals surface area contributed by atoms with Gasteiger partial charge in [-0.1, -0.05) is 26.0 Å². The monoisotopic (exact) mass is 303 g/mol. The maximum Gasteiger partial charge on any atom is 0.190 e. The van der Waals surface area contributed by atoms with Crippen molar-refractivity contribution in [3.63, 3.8) is 0 Å². The van der Waals surface area contributed by atoms with Crippen molar-refractivity contribution in [3.8, 4) is 0 Å². The van der Waals surface area contributed by atoms with Gasteiger partial charge in [-0.2, -0.15) is 0 Å². The molecule has 21 heavy (non-hydrogen) atoms. The molecule has 0 saturated carbocycles. The fourth-order valence-electron chi connectivity index (χ4n) is 2.21. The third kappa shape index (κ3) is 4.55. The van der Waals surface area contributed by atoms with Gasteiger partial charge in [0, 0.05) is 24.2 Å². The van der Waals surface area contributed by atoms with E-state index in [4.69, 9.17) is 4.98 Å². The Morgan fingerprint density at radius 1 is 1.33 bits per heavy atom. The van der Waals surface area contributed by atoms with E-state index in [9.17, 15) is 0 Å². The molecule has 3 nitrogen and oxygen atoms in total. The van der Waals surface area contributed by atoms with Crippen molar-refractivity contribution in [1.82, 2.24) is 10.3 Å². The molecule has 0 aliphatic heterocycles. The fraction of sp³-hybridized carbons (Fsp3) is 0.471. The summed E-state index contributed by atoms with van der Waals surface area (Å²) in [4.78, 5) is 7.03. The maximum absolute atomic E-state index is 4.77. The molecule has 0 radical (unpaired) electrons. The molecule has 0 spiro atoms. The Bertz CT molecular complexity index is 563. The summed E-state index contributed by atoms with van der Waals surface area (Å²) in [5, 5.41) is 6.67. The number of nitrogens with zero attached hydrogens (tertiary/aromatic N) is 2. The first-order valence-corrected chi connectivity index (χ1v) is 8.47. The Kier molecular flexibility index (Phi) is 5.76. The van der Waals surface area contributed by atoms with Crippen LogP contribution in [0.1, 0.15) is 32.0 Å². The Balaban J connectivity index is 2.07. The molecule has 114 valence electrons. The quantitative estimate of drug-likeness (QED) is 0.824. The van der Waals surface area contributed by atoms with Gasteiger partial charge in [-0.05, 0) is 44.0 Å². The number of rotatable bonds is 7. The van der Waals surface area contributed by atoms with E-state index in [1.165, 1.54) is 11.3 Å². The van der Waals surface area contributed by atoms with E-state index in [2.05, 4.69) is 67.6 Å². The van der Waals surface area contributed by atoms with E-state index in [-0.39, 0.29) is 0 Å². The van der Waals surface area contributed by atoms with Crippen molar-refractivity contribution in [2.75, 3.05) is 18.0 Å². The van der Waals surface area contributed by atoms with Crippen LogP contribution in [0.15, 0.2) is 29.6 Å². The zero-order valence-corrected chi connectivity index (χ0v) is 14.2. The summed E-state index contributed by atoms with van der Waals surface area (Å²) in [6.45, 7) is 11.5. The van der Waals surface area contributed by atoms with E-state index >= 15 is 0 Å². The molecule has 2 aromatic rings. The third-order valence-corrected chi connectivity index (χ3v) is 4.17. The number of benzene rings is 1. The second-order valence-electron chi connectivity index (χ2n) is 5.73. The van der Waals surface area contributed by atoms with Gasteiger partial charge in [-0.3, -0.25) is 0 Å². The Morgan fingerprint density at radius 3 is 2.81 bits per heavy atom. The van der Waals surface area contributed by atoms with Crippen LogP contribution >= 0.6 is 11.3 Å². The number of nitrogens with one attached hydrogen (secondary N) is 1. The minimum atomic E-state index is 0.669. The summed E-state index contributed by atoms with van der Waals surface area (Å²) in [6, 6.07) is 8.59. The number of anilines is 2. The summed E-state index contributed by atoms with van der Waals surface area (Å²) < 4.78 is 0. The van der Waals surface area contributed by atoms with Gasteiger partial charge < -0.3 is 10.2 Å². The molecule has 0 atom stereocenters. The van der Waals surface area contributed by atoms with Crippen molar-refractivity contribution in [2.24, 2.45) is 5.92 Å². The lowest BCUT2D eigenvalue weighted by Gasteiger charge is -2.20. The number of hydrogen-bond acceptors (Lipinski definition) is 4. The number of hydrogen-bond donors (Lipinski definition) is 1. The van der Waals surface area contributed by atoms with Gasteiger partial charge in [-0.15, -0.1) is 11.3 Å². The first kappa shape index (κ1) is 16.0. The predicted octanol–water partition coefficient (Wildman–Crippen LogP) is 4.36. The summed E-state index contributed by atoms with van der Waals surface area (Å²) in [5.41, 5.74) is 3.62. The number of aryl methyl sites for hydroxylation is 1. The van der Waals surface area contributed by atoms with Crippen LogP contribution in [0.25, 0.3) is 0 Å². The highest BCUT2D eigenvalue weighted by molar-refractivity contribution is 7.13. The highest BCUT2D eigenvalue weighted by Crippen LogP contribution is 2.28. The van der Waals surface area contributed by atoms with Gasteiger partial charge in [0.25, 0.3) is 0 Å². The summed E-state index contributed by atoms with van der Waals surface area (Å²) >= 11 is 1.72. The molecular weight excluding hydrogens is 278 g/mol. The van der Waals surface area contributed by atoms with Crippen molar-refractivity contribution >= 4 is 22.2 Å². The lowest BCUT2D eigenvalue weighted by Crippen LogP contribution is -2.19. The van der Waals surface area contributed by atoms with Gasteiger partial charge in [-0.25, -0.2) is 4.98 Å². The molecule has 1 aromatic carbocycles. The molecule has 0 bridgehead atoms. The maximum atomic E-state index is 4.77. The molecule has 0 saturated heterocycles. The predicted molar refractivity (Wildman–Crippen MR) is 92.5 cm³/mol. The van der Waals surface area contributed by atoms with Crippen LogP contribution in [-0.4, -0.2) is 18.1 Å². The summed E-state index contributed by atoms with van der Waals surface area (Å²) in [7, 11) is 0. The Labute approximate surface area is 132 Å². The van der Waals surface area contributed by atoms with E-state index < -0.39 is 0 Å². The molecule has 1 heterocycles. The van der Waals surface area contributed by atoms with Gasteiger partial charge in [0.1, 0.15) is 0 Å². The molecule has 2 rings (SSSR count). The standard InChI is InChI=1S/C17H25N3S/c1-5-20(16-8-6-7-14(4)9-16)17-19-15(12-21-17)11-18-10-13(2)3/h6-9,12-13,18H,5,10-11H2,1-4H3. The molecule has 0 fully saturated rings. The van der Waals surface area contributed by atoms with Crippen molar-refractivity contribution in [3.05, 3.63) is 40.9 Å². The molecule has 0 amide bonds.